The number of fused-ring (bicyclic) bond motifs is 1. The Balaban J connectivity index is 1.39. The van der Waals surface area contributed by atoms with Gasteiger partial charge in [0.2, 0.25) is 0 Å². The van der Waals surface area contributed by atoms with Gasteiger partial charge in [-0.1, -0.05) is 17.7 Å². The van der Waals surface area contributed by atoms with E-state index in [4.69, 9.17) is 21.4 Å². The van der Waals surface area contributed by atoms with Crippen LogP contribution in [-0.4, -0.2) is 72.8 Å². The van der Waals surface area contributed by atoms with Crippen molar-refractivity contribution in [3.63, 3.8) is 0 Å². The van der Waals surface area contributed by atoms with Crippen LogP contribution in [0.2, 0.25) is 5.02 Å². The summed E-state index contributed by atoms with van der Waals surface area (Å²) in [5, 5.41) is 12.8. The number of nitrogens with zero attached hydrogens (tertiary/aromatic N) is 2. The maximum atomic E-state index is 13.1. The molecule has 2 aliphatic rings. The number of piperazine rings is 1. The van der Waals surface area contributed by atoms with E-state index < -0.39 is 0 Å². The van der Waals surface area contributed by atoms with Gasteiger partial charge in [0.1, 0.15) is 12.4 Å². The minimum atomic E-state index is 0.0998. The summed E-state index contributed by atoms with van der Waals surface area (Å²) in [7, 11) is 0. The summed E-state index contributed by atoms with van der Waals surface area (Å²) in [6.45, 7) is 9.17. The third-order valence-corrected chi connectivity index (χ3v) is 7.76. The molecule has 7 heteroatoms. The molecule has 2 saturated heterocycles. The van der Waals surface area contributed by atoms with Crippen LogP contribution < -0.4 is 10.1 Å². The standard InChI is InChI=1S/C28H38ClN3O3/c1-20-21(2)27(35-18-14-30-13-4-17-33)12-11-25(20)26-6-3-5-24-19-31(15-16-32(24)26)28(34)22-7-9-23(29)10-8-22/h7-12,24,26,30,33H,3-6,13-19H2,1-2H3/t24-,26?/m0/s1. The lowest BCUT2D eigenvalue weighted by Gasteiger charge is -2.48. The lowest BCUT2D eigenvalue weighted by molar-refractivity contribution is 0.0101. The predicted octanol–water partition coefficient (Wildman–Crippen LogP) is 4.36. The second-order valence-corrected chi connectivity index (χ2v) is 10.1. The van der Waals surface area contributed by atoms with Crippen molar-refractivity contribution in [2.45, 2.75) is 51.6 Å². The van der Waals surface area contributed by atoms with Gasteiger partial charge in [-0.2, -0.15) is 0 Å². The Morgan fingerprint density at radius 1 is 1.09 bits per heavy atom. The van der Waals surface area contributed by atoms with E-state index in [1.165, 1.54) is 23.1 Å². The van der Waals surface area contributed by atoms with Gasteiger partial charge in [0.25, 0.3) is 5.91 Å². The van der Waals surface area contributed by atoms with Gasteiger partial charge in [-0.3, -0.25) is 9.69 Å². The van der Waals surface area contributed by atoms with Crippen molar-refractivity contribution in [1.29, 1.82) is 0 Å². The van der Waals surface area contributed by atoms with Crippen LogP contribution in [0.3, 0.4) is 0 Å². The third-order valence-electron chi connectivity index (χ3n) is 7.51. The molecule has 6 nitrogen and oxygen atoms in total. The van der Waals surface area contributed by atoms with Crippen molar-refractivity contribution in [3.05, 3.63) is 63.7 Å². The summed E-state index contributed by atoms with van der Waals surface area (Å²) < 4.78 is 6.05. The van der Waals surface area contributed by atoms with E-state index in [9.17, 15) is 4.79 Å². The van der Waals surface area contributed by atoms with Crippen LogP contribution in [0.1, 0.15) is 58.8 Å². The summed E-state index contributed by atoms with van der Waals surface area (Å²) in [5.41, 5.74) is 4.61. The second kappa shape index (κ2) is 12.2. The average molecular weight is 500 g/mol. The largest absolute Gasteiger partial charge is 0.492 e. The molecular weight excluding hydrogens is 462 g/mol. The minimum Gasteiger partial charge on any atom is -0.492 e. The smallest absolute Gasteiger partial charge is 0.253 e. The Kier molecular flexibility index (Phi) is 9.06. The van der Waals surface area contributed by atoms with Crippen molar-refractivity contribution >= 4 is 17.5 Å². The molecule has 2 aromatic carbocycles. The number of aliphatic hydroxyl groups is 1. The molecule has 0 bridgehead atoms. The van der Waals surface area contributed by atoms with Crippen LogP contribution in [0.25, 0.3) is 0 Å². The molecular formula is C28H38ClN3O3. The zero-order valence-corrected chi connectivity index (χ0v) is 21.7. The Bertz CT molecular complexity index is 998. The number of hydrogen-bond donors (Lipinski definition) is 2. The van der Waals surface area contributed by atoms with Crippen molar-refractivity contribution in [1.82, 2.24) is 15.1 Å². The maximum Gasteiger partial charge on any atom is 0.253 e. The number of carbonyl (C=O) groups excluding carboxylic acids is 1. The quantitative estimate of drug-likeness (QED) is 0.502. The zero-order chi connectivity index (χ0) is 24.8. The molecule has 2 atom stereocenters. The Morgan fingerprint density at radius 3 is 2.66 bits per heavy atom. The fourth-order valence-corrected chi connectivity index (χ4v) is 5.57. The molecule has 4 rings (SSSR count). The first kappa shape index (κ1) is 26.0. The van der Waals surface area contributed by atoms with Crippen LogP contribution in [0.4, 0.5) is 0 Å². The first-order valence-electron chi connectivity index (χ1n) is 12.8. The van der Waals surface area contributed by atoms with Crippen molar-refractivity contribution in [2.24, 2.45) is 0 Å². The van der Waals surface area contributed by atoms with Crippen molar-refractivity contribution < 1.29 is 14.6 Å². The fraction of sp³-hybridized carbons (Fsp3) is 0.536. The van der Waals surface area contributed by atoms with Crippen LogP contribution in [0.5, 0.6) is 5.75 Å². The number of aliphatic hydroxyl groups excluding tert-OH is 1. The van der Waals surface area contributed by atoms with Gasteiger partial charge in [0.15, 0.2) is 0 Å². The molecule has 2 aromatic rings. The number of piperidine rings is 1. The summed E-state index contributed by atoms with van der Waals surface area (Å²) in [5.74, 6) is 1.05. The number of amides is 1. The number of benzene rings is 2. The van der Waals surface area contributed by atoms with Crippen LogP contribution in [0, 0.1) is 13.8 Å². The highest BCUT2D eigenvalue weighted by molar-refractivity contribution is 6.30. The van der Waals surface area contributed by atoms with E-state index in [2.05, 4.69) is 36.2 Å². The Morgan fingerprint density at radius 2 is 1.89 bits per heavy atom. The average Bonchev–Trinajstić information content (AvgIpc) is 2.88. The molecule has 0 spiro atoms. The minimum absolute atomic E-state index is 0.0998. The Labute approximate surface area is 214 Å². The molecule has 0 saturated carbocycles. The van der Waals surface area contributed by atoms with Gasteiger partial charge >= 0.3 is 0 Å². The molecule has 1 amide bonds. The number of hydrogen-bond acceptors (Lipinski definition) is 5. The first-order valence-corrected chi connectivity index (χ1v) is 13.2. The Hall–Kier alpha value is -2.12. The lowest BCUT2D eigenvalue weighted by atomic mass is 9.86. The number of carbonyl (C=O) groups is 1. The monoisotopic (exact) mass is 499 g/mol. The lowest BCUT2D eigenvalue weighted by Crippen LogP contribution is -2.57. The van der Waals surface area contributed by atoms with Crippen LogP contribution in [-0.2, 0) is 0 Å². The number of halogens is 1. The molecule has 2 fully saturated rings. The molecule has 2 aliphatic heterocycles. The third kappa shape index (κ3) is 6.18. The number of nitrogens with one attached hydrogen (secondary N) is 1. The van der Waals surface area contributed by atoms with Gasteiger partial charge in [0.05, 0.1) is 0 Å². The number of rotatable bonds is 9. The maximum absolute atomic E-state index is 13.1. The van der Waals surface area contributed by atoms with Gasteiger partial charge in [-0.15, -0.1) is 0 Å². The van der Waals surface area contributed by atoms with Crippen molar-refractivity contribution in [3.8, 4) is 5.75 Å². The van der Waals surface area contributed by atoms with E-state index in [1.54, 1.807) is 12.1 Å². The van der Waals surface area contributed by atoms with Crippen molar-refractivity contribution in [2.75, 3.05) is 45.9 Å². The molecule has 2 N–H and O–H groups in total. The predicted molar refractivity (Wildman–Crippen MR) is 140 cm³/mol. The summed E-state index contributed by atoms with van der Waals surface area (Å²) in [4.78, 5) is 17.7. The SMILES string of the molecule is Cc1c(OCCNCCCO)ccc(C2CCC[C@H]3CN(C(=O)c4ccc(Cl)cc4)CCN23)c1C. The molecule has 1 unspecified atom stereocenters. The number of ether oxygens (including phenoxy) is 1. The van der Waals surface area contributed by atoms with E-state index in [0.29, 0.717) is 29.3 Å². The molecule has 35 heavy (non-hydrogen) atoms. The summed E-state index contributed by atoms with van der Waals surface area (Å²) in [6.07, 6.45) is 4.21. The van der Waals surface area contributed by atoms with Gasteiger partial charge in [-0.05, 0) is 93.1 Å². The molecule has 0 radical (unpaired) electrons. The van der Waals surface area contributed by atoms with Crippen LogP contribution in [0.15, 0.2) is 36.4 Å². The first-order chi connectivity index (χ1) is 17.0. The fourth-order valence-electron chi connectivity index (χ4n) is 5.44. The normalized spacial score (nSPS) is 20.5. The van der Waals surface area contributed by atoms with E-state index in [1.807, 2.05) is 17.0 Å². The van der Waals surface area contributed by atoms with E-state index in [-0.39, 0.29) is 12.5 Å². The molecule has 0 aliphatic carbocycles. The molecule has 0 aromatic heterocycles. The summed E-state index contributed by atoms with van der Waals surface area (Å²) in [6, 6.07) is 12.4. The highest BCUT2D eigenvalue weighted by Gasteiger charge is 2.37. The van der Waals surface area contributed by atoms with E-state index in [0.717, 1.165) is 57.7 Å². The second-order valence-electron chi connectivity index (χ2n) is 9.67. The molecule has 190 valence electrons. The van der Waals surface area contributed by atoms with Gasteiger partial charge in [0, 0.05) is 55.5 Å². The topological polar surface area (TPSA) is 65.0 Å². The highest BCUT2D eigenvalue weighted by atomic mass is 35.5. The highest BCUT2D eigenvalue weighted by Crippen LogP contribution is 2.39. The zero-order valence-electron chi connectivity index (χ0n) is 20.9. The van der Waals surface area contributed by atoms with Gasteiger partial charge < -0.3 is 20.1 Å². The van der Waals surface area contributed by atoms with E-state index >= 15 is 0 Å². The summed E-state index contributed by atoms with van der Waals surface area (Å²) >= 11 is 6.00. The molecule has 2 heterocycles. The van der Waals surface area contributed by atoms with Gasteiger partial charge in [-0.25, -0.2) is 0 Å². The van der Waals surface area contributed by atoms with Crippen LogP contribution >= 0.6 is 11.6 Å².